The number of para-hydroxylation sites is 2. The van der Waals surface area contributed by atoms with Crippen molar-refractivity contribution < 1.29 is 0 Å². The summed E-state index contributed by atoms with van der Waals surface area (Å²) in [4.78, 5) is 8.48. The summed E-state index contributed by atoms with van der Waals surface area (Å²) in [6.45, 7) is 8.20. The smallest absolute Gasteiger partial charge is 0.0704 e. The lowest BCUT2D eigenvalue weighted by Gasteiger charge is -1.97. The number of benzene rings is 2. The molecule has 4 rings (SSSR count). The van der Waals surface area contributed by atoms with Crippen LogP contribution in [0.2, 0.25) is 0 Å². The molecule has 2 heteroatoms. The van der Waals surface area contributed by atoms with E-state index >= 15 is 0 Å². The number of fused-ring (bicyclic) bond motifs is 2. The molecule has 0 aliphatic heterocycles. The van der Waals surface area contributed by atoms with Crippen molar-refractivity contribution in [1.29, 1.82) is 0 Å². The summed E-state index contributed by atoms with van der Waals surface area (Å²) >= 11 is 0. The van der Waals surface area contributed by atoms with Gasteiger partial charge < -0.3 is 0 Å². The predicted octanol–water partition coefficient (Wildman–Crippen LogP) is 6.11. The van der Waals surface area contributed by atoms with E-state index in [1.807, 2.05) is 74.8 Å². The standard InChI is InChI=1S/2C10H9N.C2H6/c2*1-8-6-7-11-10-5-3-2-4-9(8)10;1-2/h2*2-7H,1H3;1-2H3. The Morgan fingerprint density at radius 2 is 0.917 bits per heavy atom. The minimum absolute atomic E-state index is 1.08. The maximum absolute atomic E-state index is 4.24. The maximum Gasteiger partial charge on any atom is 0.0704 e. The van der Waals surface area contributed by atoms with Crippen molar-refractivity contribution in [2.45, 2.75) is 27.7 Å². The van der Waals surface area contributed by atoms with Gasteiger partial charge in [-0.15, -0.1) is 0 Å². The van der Waals surface area contributed by atoms with Gasteiger partial charge in [0, 0.05) is 23.2 Å². The molecular weight excluding hydrogens is 292 g/mol. The van der Waals surface area contributed by atoms with Gasteiger partial charge in [-0.3, -0.25) is 9.97 Å². The number of aryl methyl sites for hydroxylation is 2. The second-order valence-electron chi connectivity index (χ2n) is 5.29. The molecule has 2 nitrogen and oxygen atoms in total. The van der Waals surface area contributed by atoms with Crippen molar-refractivity contribution in [3.8, 4) is 0 Å². The lowest BCUT2D eigenvalue weighted by atomic mass is 10.1. The van der Waals surface area contributed by atoms with Gasteiger partial charge in [-0.1, -0.05) is 50.2 Å². The molecule has 0 bridgehead atoms. The Labute approximate surface area is 144 Å². The second-order valence-corrected chi connectivity index (χ2v) is 5.29. The molecule has 0 saturated heterocycles. The van der Waals surface area contributed by atoms with E-state index in [1.54, 1.807) is 0 Å². The lowest BCUT2D eigenvalue weighted by Crippen LogP contribution is -1.79. The zero-order valence-corrected chi connectivity index (χ0v) is 14.8. The van der Waals surface area contributed by atoms with Gasteiger partial charge in [0.15, 0.2) is 0 Å². The molecule has 0 atom stereocenters. The van der Waals surface area contributed by atoms with Crippen LogP contribution in [-0.2, 0) is 0 Å². The SMILES string of the molecule is CC.Cc1ccnc2ccccc12.Cc1ccnc2ccccc12. The summed E-state index contributed by atoms with van der Waals surface area (Å²) < 4.78 is 0. The Bertz CT molecular complexity index is 826. The molecule has 0 spiro atoms. The van der Waals surface area contributed by atoms with Crippen molar-refractivity contribution in [2.75, 3.05) is 0 Å². The zero-order chi connectivity index (χ0) is 17.4. The van der Waals surface area contributed by atoms with Crippen LogP contribution < -0.4 is 0 Å². The molecule has 0 unspecified atom stereocenters. The van der Waals surface area contributed by atoms with E-state index in [4.69, 9.17) is 0 Å². The molecule has 0 radical (unpaired) electrons. The highest BCUT2D eigenvalue weighted by molar-refractivity contribution is 5.82. The van der Waals surface area contributed by atoms with E-state index < -0.39 is 0 Å². The molecule has 122 valence electrons. The van der Waals surface area contributed by atoms with Gasteiger partial charge in [-0.25, -0.2) is 0 Å². The van der Waals surface area contributed by atoms with Crippen molar-refractivity contribution >= 4 is 21.8 Å². The highest BCUT2D eigenvalue weighted by atomic mass is 14.6. The fraction of sp³-hybridized carbons (Fsp3) is 0.182. The van der Waals surface area contributed by atoms with Gasteiger partial charge in [-0.2, -0.15) is 0 Å². The van der Waals surface area contributed by atoms with E-state index in [0.29, 0.717) is 0 Å². The third-order valence-corrected chi connectivity index (χ3v) is 3.73. The summed E-state index contributed by atoms with van der Waals surface area (Å²) in [6, 6.07) is 20.4. The van der Waals surface area contributed by atoms with E-state index in [-0.39, 0.29) is 0 Å². The number of hydrogen-bond acceptors (Lipinski definition) is 2. The van der Waals surface area contributed by atoms with Crippen LogP contribution in [0.25, 0.3) is 21.8 Å². The average molecular weight is 316 g/mol. The van der Waals surface area contributed by atoms with Gasteiger partial charge in [0.1, 0.15) is 0 Å². The van der Waals surface area contributed by atoms with Crippen molar-refractivity contribution in [3.63, 3.8) is 0 Å². The number of nitrogens with zero attached hydrogens (tertiary/aromatic N) is 2. The summed E-state index contributed by atoms with van der Waals surface area (Å²) in [5.74, 6) is 0. The molecule has 2 heterocycles. The van der Waals surface area contributed by atoms with Crippen LogP contribution in [0.4, 0.5) is 0 Å². The fourth-order valence-corrected chi connectivity index (χ4v) is 2.48. The van der Waals surface area contributed by atoms with Crippen molar-refractivity contribution in [2.24, 2.45) is 0 Å². The largest absolute Gasteiger partial charge is 0.256 e. The molecular formula is C22H24N2. The van der Waals surface area contributed by atoms with Crippen LogP contribution in [0.3, 0.4) is 0 Å². The molecule has 0 fully saturated rings. The molecule has 4 aromatic rings. The Hall–Kier alpha value is -2.74. The summed E-state index contributed by atoms with van der Waals surface area (Å²) in [7, 11) is 0. The second kappa shape index (κ2) is 8.78. The molecule has 0 N–H and O–H groups in total. The molecule has 0 aliphatic rings. The summed E-state index contributed by atoms with van der Waals surface area (Å²) in [5.41, 5.74) is 4.73. The third-order valence-electron chi connectivity index (χ3n) is 3.73. The first kappa shape index (κ1) is 17.6. The quantitative estimate of drug-likeness (QED) is 0.391. The molecule has 0 amide bonds. The van der Waals surface area contributed by atoms with Gasteiger partial charge in [0.25, 0.3) is 0 Å². The first-order chi connectivity index (χ1) is 11.8. The fourth-order valence-electron chi connectivity index (χ4n) is 2.48. The minimum Gasteiger partial charge on any atom is -0.256 e. The van der Waals surface area contributed by atoms with Crippen LogP contribution in [-0.4, -0.2) is 9.97 Å². The summed E-state index contributed by atoms with van der Waals surface area (Å²) in [5, 5.41) is 2.49. The van der Waals surface area contributed by atoms with Crippen molar-refractivity contribution in [3.05, 3.63) is 84.2 Å². The Morgan fingerprint density at radius 1 is 0.542 bits per heavy atom. The topological polar surface area (TPSA) is 25.8 Å². The van der Waals surface area contributed by atoms with E-state index in [0.717, 1.165) is 11.0 Å². The van der Waals surface area contributed by atoms with Gasteiger partial charge in [0.05, 0.1) is 11.0 Å². The first-order valence-corrected chi connectivity index (χ1v) is 8.36. The van der Waals surface area contributed by atoms with Gasteiger partial charge in [0.2, 0.25) is 0 Å². The first-order valence-electron chi connectivity index (χ1n) is 8.36. The Kier molecular flexibility index (Phi) is 6.44. The summed E-state index contributed by atoms with van der Waals surface area (Å²) in [6.07, 6.45) is 3.69. The highest BCUT2D eigenvalue weighted by Crippen LogP contribution is 2.14. The van der Waals surface area contributed by atoms with Crippen LogP contribution in [0, 0.1) is 13.8 Å². The number of aromatic nitrogens is 2. The number of pyridine rings is 2. The monoisotopic (exact) mass is 316 g/mol. The molecule has 0 aliphatic carbocycles. The average Bonchev–Trinajstić information content (AvgIpc) is 2.65. The maximum atomic E-state index is 4.24. The van der Waals surface area contributed by atoms with Crippen LogP contribution in [0.15, 0.2) is 73.1 Å². The lowest BCUT2D eigenvalue weighted by molar-refractivity contribution is 1.37. The third kappa shape index (κ3) is 4.17. The molecule has 2 aromatic heterocycles. The molecule has 24 heavy (non-hydrogen) atoms. The molecule has 2 aromatic carbocycles. The number of hydrogen-bond donors (Lipinski definition) is 0. The van der Waals surface area contributed by atoms with Gasteiger partial charge >= 0.3 is 0 Å². The van der Waals surface area contributed by atoms with E-state index in [2.05, 4.69) is 35.9 Å². The van der Waals surface area contributed by atoms with Gasteiger partial charge in [-0.05, 0) is 49.2 Å². The van der Waals surface area contributed by atoms with Crippen LogP contribution >= 0.6 is 0 Å². The predicted molar refractivity (Wildman–Crippen MR) is 104 cm³/mol. The normalized spacial score (nSPS) is 9.67. The van der Waals surface area contributed by atoms with Crippen molar-refractivity contribution in [1.82, 2.24) is 9.97 Å². The minimum atomic E-state index is 1.08. The van der Waals surface area contributed by atoms with E-state index in [9.17, 15) is 0 Å². The Balaban J connectivity index is 0.000000158. The Morgan fingerprint density at radius 3 is 1.29 bits per heavy atom. The number of rotatable bonds is 0. The zero-order valence-electron chi connectivity index (χ0n) is 14.8. The molecule has 0 saturated carbocycles. The van der Waals surface area contributed by atoms with Crippen LogP contribution in [0.1, 0.15) is 25.0 Å². The van der Waals surface area contributed by atoms with E-state index in [1.165, 1.54) is 21.9 Å². The highest BCUT2D eigenvalue weighted by Gasteiger charge is 1.94. The van der Waals surface area contributed by atoms with Crippen LogP contribution in [0.5, 0.6) is 0 Å².